The van der Waals surface area contributed by atoms with E-state index in [-0.39, 0.29) is 0 Å². The summed E-state index contributed by atoms with van der Waals surface area (Å²) in [6.07, 6.45) is 2.59. The van der Waals surface area contributed by atoms with E-state index in [0.717, 1.165) is 50.8 Å². The molecule has 1 aromatic rings. The molecule has 1 aliphatic heterocycles. The van der Waals surface area contributed by atoms with Gasteiger partial charge in [-0.05, 0) is 19.2 Å². The summed E-state index contributed by atoms with van der Waals surface area (Å²) in [6, 6.07) is 1.99. The number of likely N-dealkylation sites (N-methyl/N-ethyl adjacent to an activating group) is 1. The lowest BCUT2D eigenvalue weighted by Gasteiger charge is -2.34. The maximum atomic E-state index is 5.53. The minimum Gasteiger partial charge on any atom is -0.354 e. The first-order valence-electron chi connectivity index (χ1n) is 6.32. The fraction of sp³-hybridized carbons (Fsp3) is 0.667. The van der Waals surface area contributed by atoms with Crippen molar-refractivity contribution in [1.82, 2.24) is 14.9 Å². The average molecular weight is 235 g/mol. The number of nitrogens with two attached hydrogens (primary N) is 1. The number of hydrogen-bond donors (Lipinski definition) is 1. The zero-order chi connectivity index (χ0) is 12.1. The van der Waals surface area contributed by atoms with Gasteiger partial charge in [0.2, 0.25) is 0 Å². The molecule has 2 N–H and O–H groups in total. The Morgan fingerprint density at radius 3 is 2.71 bits per heavy atom. The molecule has 94 valence electrons. The summed E-state index contributed by atoms with van der Waals surface area (Å²) in [4.78, 5) is 13.6. The molecule has 5 nitrogen and oxygen atoms in total. The Balaban J connectivity index is 2.00. The van der Waals surface area contributed by atoms with Crippen molar-refractivity contribution in [1.29, 1.82) is 0 Å². The zero-order valence-electron chi connectivity index (χ0n) is 10.5. The fourth-order valence-corrected chi connectivity index (χ4v) is 2.11. The maximum absolute atomic E-state index is 5.53. The van der Waals surface area contributed by atoms with Crippen molar-refractivity contribution < 1.29 is 0 Å². The summed E-state index contributed by atoms with van der Waals surface area (Å²) >= 11 is 0. The van der Waals surface area contributed by atoms with E-state index >= 15 is 0 Å². The second kappa shape index (κ2) is 5.93. The van der Waals surface area contributed by atoms with Crippen LogP contribution in [0.3, 0.4) is 0 Å². The standard InChI is InChI=1S/C12H21N5/c1-2-16-7-9-17(10-8-16)12-4-6-14-11(15-12)3-5-13/h4,6H,2-3,5,7-10,13H2,1H3. The van der Waals surface area contributed by atoms with Crippen molar-refractivity contribution in [3.8, 4) is 0 Å². The first-order chi connectivity index (χ1) is 8.33. The van der Waals surface area contributed by atoms with Crippen LogP contribution < -0.4 is 10.6 Å². The Bertz CT molecular complexity index is 347. The molecule has 0 amide bonds. The summed E-state index contributed by atoms with van der Waals surface area (Å²) in [5.74, 6) is 1.89. The van der Waals surface area contributed by atoms with E-state index in [9.17, 15) is 0 Å². The highest BCUT2D eigenvalue weighted by atomic mass is 15.3. The minimum atomic E-state index is 0.604. The molecule has 0 unspecified atom stereocenters. The van der Waals surface area contributed by atoms with Gasteiger partial charge in [-0.25, -0.2) is 9.97 Å². The van der Waals surface area contributed by atoms with Crippen molar-refractivity contribution in [2.24, 2.45) is 5.73 Å². The number of piperazine rings is 1. The van der Waals surface area contributed by atoms with Gasteiger partial charge in [0.15, 0.2) is 0 Å². The SMILES string of the molecule is CCN1CCN(c2ccnc(CCN)n2)CC1. The van der Waals surface area contributed by atoms with Crippen LogP contribution in [0.15, 0.2) is 12.3 Å². The molecule has 0 aliphatic carbocycles. The lowest BCUT2D eigenvalue weighted by molar-refractivity contribution is 0.270. The highest BCUT2D eigenvalue weighted by molar-refractivity contribution is 5.38. The van der Waals surface area contributed by atoms with Crippen molar-refractivity contribution in [2.45, 2.75) is 13.3 Å². The number of aromatic nitrogens is 2. The van der Waals surface area contributed by atoms with Gasteiger partial charge >= 0.3 is 0 Å². The van der Waals surface area contributed by atoms with Gasteiger partial charge in [0.25, 0.3) is 0 Å². The van der Waals surface area contributed by atoms with Crippen molar-refractivity contribution in [3.05, 3.63) is 18.1 Å². The minimum absolute atomic E-state index is 0.604. The van der Waals surface area contributed by atoms with E-state index in [2.05, 4.69) is 26.7 Å². The summed E-state index contributed by atoms with van der Waals surface area (Å²) < 4.78 is 0. The molecule has 1 saturated heterocycles. The molecule has 1 aliphatic rings. The van der Waals surface area contributed by atoms with Gasteiger partial charge in [-0.15, -0.1) is 0 Å². The van der Waals surface area contributed by atoms with E-state index in [1.54, 1.807) is 0 Å². The molecule has 1 fully saturated rings. The van der Waals surface area contributed by atoms with Gasteiger partial charge in [0.05, 0.1) is 0 Å². The Morgan fingerprint density at radius 1 is 1.29 bits per heavy atom. The predicted octanol–water partition coefficient (Wildman–Crippen LogP) is 0.120. The lowest BCUT2D eigenvalue weighted by atomic mass is 10.3. The Morgan fingerprint density at radius 2 is 2.06 bits per heavy atom. The van der Waals surface area contributed by atoms with Gasteiger partial charge < -0.3 is 15.5 Å². The highest BCUT2D eigenvalue weighted by Gasteiger charge is 2.16. The summed E-state index contributed by atoms with van der Waals surface area (Å²) in [7, 11) is 0. The smallest absolute Gasteiger partial charge is 0.132 e. The average Bonchev–Trinajstić information content (AvgIpc) is 2.40. The van der Waals surface area contributed by atoms with Gasteiger partial charge in [0.1, 0.15) is 11.6 Å². The van der Waals surface area contributed by atoms with Gasteiger partial charge in [-0.1, -0.05) is 6.92 Å². The molecular weight excluding hydrogens is 214 g/mol. The van der Waals surface area contributed by atoms with Crippen LogP contribution in [0.5, 0.6) is 0 Å². The first-order valence-corrected chi connectivity index (χ1v) is 6.32. The van der Waals surface area contributed by atoms with Crippen LogP contribution in [0, 0.1) is 0 Å². The molecule has 17 heavy (non-hydrogen) atoms. The van der Waals surface area contributed by atoms with Crippen molar-refractivity contribution >= 4 is 5.82 Å². The van der Waals surface area contributed by atoms with Crippen LogP contribution in [-0.2, 0) is 6.42 Å². The monoisotopic (exact) mass is 235 g/mol. The second-order valence-corrected chi connectivity index (χ2v) is 4.29. The largest absolute Gasteiger partial charge is 0.354 e. The summed E-state index contributed by atoms with van der Waals surface area (Å²) in [6.45, 7) is 8.28. The fourth-order valence-electron chi connectivity index (χ4n) is 2.11. The third kappa shape index (κ3) is 3.14. The van der Waals surface area contributed by atoms with Crippen LogP contribution in [0.2, 0.25) is 0 Å². The third-order valence-corrected chi connectivity index (χ3v) is 3.20. The van der Waals surface area contributed by atoms with Crippen LogP contribution in [0.4, 0.5) is 5.82 Å². The molecule has 2 heterocycles. The molecule has 0 spiro atoms. The summed E-state index contributed by atoms with van der Waals surface area (Å²) in [5, 5.41) is 0. The number of anilines is 1. The topological polar surface area (TPSA) is 58.3 Å². The number of nitrogens with zero attached hydrogens (tertiary/aromatic N) is 4. The molecule has 0 radical (unpaired) electrons. The molecule has 2 rings (SSSR count). The quantitative estimate of drug-likeness (QED) is 0.803. The maximum Gasteiger partial charge on any atom is 0.132 e. The molecule has 0 atom stereocenters. The molecule has 0 aromatic carbocycles. The van der Waals surface area contributed by atoms with E-state index in [0.29, 0.717) is 6.54 Å². The van der Waals surface area contributed by atoms with Crippen LogP contribution in [-0.4, -0.2) is 54.1 Å². The molecule has 0 bridgehead atoms. The van der Waals surface area contributed by atoms with Gasteiger partial charge in [-0.3, -0.25) is 0 Å². The molecule has 0 saturated carbocycles. The molecule has 5 heteroatoms. The van der Waals surface area contributed by atoms with E-state index < -0.39 is 0 Å². The second-order valence-electron chi connectivity index (χ2n) is 4.29. The van der Waals surface area contributed by atoms with Gasteiger partial charge in [0, 0.05) is 38.8 Å². The predicted molar refractivity (Wildman–Crippen MR) is 69.1 cm³/mol. The van der Waals surface area contributed by atoms with Crippen molar-refractivity contribution in [2.75, 3.05) is 44.2 Å². The van der Waals surface area contributed by atoms with Gasteiger partial charge in [-0.2, -0.15) is 0 Å². The van der Waals surface area contributed by atoms with Crippen LogP contribution in [0.25, 0.3) is 0 Å². The van der Waals surface area contributed by atoms with Crippen LogP contribution in [0.1, 0.15) is 12.7 Å². The zero-order valence-corrected chi connectivity index (χ0v) is 10.5. The lowest BCUT2D eigenvalue weighted by Crippen LogP contribution is -2.46. The Labute approximate surface area is 103 Å². The highest BCUT2D eigenvalue weighted by Crippen LogP contribution is 2.12. The molecular formula is C12H21N5. The number of rotatable bonds is 4. The van der Waals surface area contributed by atoms with Crippen molar-refractivity contribution in [3.63, 3.8) is 0 Å². The number of hydrogen-bond acceptors (Lipinski definition) is 5. The Kier molecular flexibility index (Phi) is 4.28. The first kappa shape index (κ1) is 12.3. The normalized spacial score (nSPS) is 17.4. The van der Waals surface area contributed by atoms with E-state index in [4.69, 9.17) is 5.73 Å². The van der Waals surface area contributed by atoms with E-state index in [1.807, 2.05) is 12.3 Å². The summed E-state index contributed by atoms with van der Waals surface area (Å²) in [5.41, 5.74) is 5.53. The third-order valence-electron chi connectivity index (χ3n) is 3.20. The van der Waals surface area contributed by atoms with Crippen LogP contribution >= 0.6 is 0 Å². The molecule has 1 aromatic heterocycles. The Hall–Kier alpha value is -1.20. The van der Waals surface area contributed by atoms with E-state index in [1.165, 1.54) is 0 Å².